The van der Waals surface area contributed by atoms with Gasteiger partial charge in [-0.15, -0.1) is 0 Å². The van der Waals surface area contributed by atoms with E-state index in [2.05, 4.69) is 5.32 Å². The number of aliphatic carboxylic acids is 1. The van der Waals surface area contributed by atoms with Gasteiger partial charge in [-0.25, -0.2) is 0 Å². The summed E-state index contributed by atoms with van der Waals surface area (Å²) in [6.07, 6.45) is 2.51. The topological polar surface area (TPSA) is 86.7 Å². The molecule has 3 atom stereocenters. The summed E-state index contributed by atoms with van der Waals surface area (Å²) in [5.41, 5.74) is 0. The first-order valence-electron chi connectivity index (χ1n) is 6.80. The Bertz CT molecular complexity index is 405. The van der Waals surface area contributed by atoms with Crippen molar-refractivity contribution in [3.63, 3.8) is 0 Å². The van der Waals surface area contributed by atoms with Crippen LogP contribution in [-0.4, -0.2) is 45.9 Å². The third kappa shape index (κ3) is 2.78. The third-order valence-corrected chi connectivity index (χ3v) is 3.95. The van der Waals surface area contributed by atoms with Crippen LogP contribution in [0.15, 0.2) is 0 Å². The number of likely N-dealkylation sites (tertiary alicyclic amines) is 1. The van der Waals surface area contributed by atoms with E-state index in [9.17, 15) is 14.4 Å². The van der Waals surface area contributed by atoms with Crippen molar-refractivity contribution in [1.82, 2.24) is 10.2 Å². The van der Waals surface area contributed by atoms with Gasteiger partial charge < -0.3 is 5.11 Å². The lowest BCUT2D eigenvalue weighted by atomic mass is 10.1. The molecule has 0 aromatic rings. The Hall–Kier alpha value is -1.43. The number of amides is 2. The summed E-state index contributed by atoms with van der Waals surface area (Å²) in [5, 5.41) is 12.0. The van der Waals surface area contributed by atoms with Crippen molar-refractivity contribution in [2.45, 2.75) is 57.7 Å². The number of imide groups is 1. The van der Waals surface area contributed by atoms with Crippen molar-refractivity contribution in [3.8, 4) is 0 Å². The minimum atomic E-state index is -0.940. The van der Waals surface area contributed by atoms with Gasteiger partial charge in [-0.2, -0.15) is 0 Å². The maximum absolute atomic E-state index is 12.2. The maximum Gasteiger partial charge on any atom is 0.321 e. The smallest absolute Gasteiger partial charge is 0.321 e. The monoisotopic (exact) mass is 268 g/mol. The van der Waals surface area contributed by atoms with Crippen LogP contribution in [-0.2, 0) is 14.4 Å². The molecule has 2 amide bonds. The van der Waals surface area contributed by atoms with E-state index in [1.807, 2.05) is 13.8 Å². The predicted octanol–water partition coefficient (Wildman–Crippen LogP) is 0.365. The molecular formula is C13H20N2O4. The molecule has 2 aliphatic rings. The molecule has 0 spiro atoms. The Labute approximate surface area is 112 Å². The van der Waals surface area contributed by atoms with Crippen molar-refractivity contribution in [3.05, 3.63) is 0 Å². The van der Waals surface area contributed by atoms with Crippen molar-refractivity contribution in [2.24, 2.45) is 5.92 Å². The second-order valence-corrected chi connectivity index (χ2v) is 5.44. The van der Waals surface area contributed by atoms with E-state index in [-0.39, 0.29) is 30.2 Å². The van der Waals surface area contributed by atoms with Gasteiger partial charge in [0.15, 0.2) is 0 Å². The Morgan fingerprint density at radius 2 is 2.11 bits per heavy atom. The quantitative estimate of drug-likeness (QED) is 0.679. The lowest BCUT2D eigenvalue weighted by molar-refractivity contribution is -0.141. The number of hydrogen-bond donors (Lipinski definition) is 2. The minimum Gasteiger partial charge on any atom is -0.480 e. The third-order valence-electron chi connectivity index (χ3n) is 3.95. The number of carbonyl (C=O) groups is 3. The fourth-order valence-electron chi connectivity index (χ4n) is 2.48. The van der Waals surface area contributed by atoms with Gasteiger partial charge in [-0.05, 0) is 32.1 Å². The average molecular weight is 268 g/mol. The standard InChI is InChI=1S/C13H20N2O4/c1-3-7(2)15-10(16)6-9(12(15)17)14-11(13(18)19)8-4-5-8/h7-9,11,14H,3-6H2,1-2H3,(H,18,19). The fraction of sp³-hybridized carbons (Fsp3) is 0.769. The molecule has 0 aromatic heterocycles. The molecule has 1 saturated carbocycles. The summed E-state index contributed by atoms with van der Waals surface area (Å²) in [7, 11) is 0. The minimum absolute atomic E-state index is 0.0691. The molecule has 6 nitrogen and oxygen atoms in total. The molecule has 0 aromatic carbocycles. The number of carboxylic acid groups (broad SMARTS) is 1. The van der Waals surface area contributed by atoms with Gasteiger partial charge in [-0.3, -0.25) is 24.6 Å². The number of nitrogens with zero attached hydrogens (tertiary/aromatic N) is 1. The maximum atomic E-state index is 12.2. The highest BCUT2D eigenvalue weighted by Gasteiger charge is 2.45. The van der Waals surface area contributed by atoms with Crippen LogP contribution in [0.1, 0.15) is 39.5 Å². The number of rotatable bonds is 6. The van der Waals surface area contributed by atoms with Gasteiger partial charge in [-0.1, -0.05) is 6.92 Å². The van der Waals surface area contributed by atoms with Gasteiger partial charge >= 0.3 is 5.97 Å². The van der Waals surface area contributed by atoms with Gasteiger partial charge in [0.2, 0.25) is 11.8 Å². The molecule has 19 heavy (non-hydrogen) atoms. The highest BCUT2D eigenvalue weighted by molar-refractivity contribution is 6.06. The van der Waals surface area contributed by atoms with E-state index in [0.717, 1.165) is 12.8 Å². The zero-order valence-corrected chi connectivity index (χ0v) is 11.3. The molecule has 1 aliphatic heterocycles. The average Bonchev–Trinajstić information content (AvgIpc) is 3.13. The van der Waals surface area contributed by atoms with Crippen LogP contribution in [0.5, 0.6) is 0 Å². The van der Waals surface area contributed by atoms with E-state index in [0.29, 0.717) is 6.42 Å². The zero-order chi connectivity index (χ0) is 14.2. The number of nitrogens with one attached hydrogen (secondary N) is 1. The molecule has 0 bridgehead atoms. The first kappa shape index (κ1) is 14.0. The van der Waals surface area contributed by atoms with Crippen LogP contribution in [0, 0.1) is 5.92 Å². The summed E-state index contributed by atoms with van der Waals surface area (Å²) in [4.78, 5) is 36.4. The zero-order valence-electron chi connectivity index (χ0n) is 11.3. The van der Waals surface area contributed by atoms with Gasteiger partial charge in [0.05, 0.1) is 12.5 Å². The van der Waals surface area contributed by atoms with Gasteiger partial charge in [0.25, 0.3) is 0 Å². The highest BCUT2D eigenvalue weighted by atomic mass is 16.4. The first-order chi connectivity index (χ1) is 8.95. The van der Waals surface area contributed by atoms with E-state index in [4.69, 9.17) is 5.11 Å². The van der Waals surface area contributed by atoms with Crippen molar-refractivity contribution in [2.75, 3.05) is 0 Å². The molecular weight excluding hydrogens is 248 g/mol. The highest BCUT2D eigenvalue weighted by Crippen LogP contribution is 2.33. The van der Waals surface area contributed by atoms with Crippen molar-refractivity contribution in [1.29, 1.82) is 0 Å². The molecule has 1 heterocycles. The van der Waals surface area contributed by atoms with Crippen LogP contribution >= 0.6 is 0 Å². The second kappa shape index (κ2) is 5.28. The molecule has 3 unspecified atom stereocenters. The molecule has 6 heteroatoms. The Balaban J connectivity index is 2.04. The predicted molar refractivity (Wildman–Crippen MR) is 67.3 cm³/mol. The Morgan fingerprint density at radius 1 is 1.47 bits per heavy atom. The van der Waals surface area contributed by atoms with Crippen LogP contribution < -0.4 is 5.32 Å². The molecule has 2 fully saturated rings. The van der Waals surface area contributed by atoms with Crippen LogP contribution in [0.4, 0.5) is 0 Å². The normalized spacial score (nSPS) is 26.6. The number of carbonyl (C=O) groups excluding carboxylic acids is 2. The van der Waals surface area contributed by atoms with Crippen molar-refractivity contribution < 1.29 is 19.5 Å². The van der Waals surface area contributed by atoms with Crippen LogP contribution in [0.25, 0.3) is 0 Å². The Kier molecular flexibility index (Phi) is 3.89. The molecule has 106 valence electrons. The Morgan fingerprint density at radius 3 is 2.58 bits per heavy atom. The van der Waals surface area contributed by atoms with Gasteiger partial charge in [0, 0.05) is 6.04 Å². The SMILES string of the molecule is CCC(C)N1C(=O)CC(NC(C(=O)O)C2CC2)C1=O. The van der Waals surface area contributed by atoms with Crippen LogP contribution in [0.2, 0.25) is 0 Å². The molecule has 0 radical (unpaired) electrons. The lowest BCUT2D eigenvalue weighted by Crippen LogP contribution is -2.49. The van der Waals surface area contributed by atoms with E-state index in [1.54, 1.807) is 0 Å². The molecule has 1 saturated heterocycles. The summed E-state index contributed by atoms with van der Waals surface area (Å²) >= 11 is 0. The molecule has 2 rings (SSSR count). The largest absolute Gasteiger partial charge is 0.480 e. The van der Waals surface area contributed by atoms with Crippen molar-refractivity contribution >= 4 is 17.8 Å². The van der Waals surface area contributed by atoms with Crippen LogP contribution in [0.3, 0.4) is 0 Å². The summed E-state index contributed by atoms with van der Waals surface area (Å²) in [5.74, 6) is -1.34. The number of hydrogen-bond acceptors (Lipinski definition) is 4. The first-order valence-corrected chi connectivity index (χ1v) is 6.80. The lowest BCUT2D eigenvalue weighted by Gasteiger charge is -2.22. The number of carboxylic acids is 1. The van der Waals surface area contributed by atoms with E-state index < -0.39 is 18.1 Å². The van der Waals surface area contributed by atoms with Gasteiger partial charge in [0.1, 0.15) is 6.04 Å². The summed E-state index contributed by atoms with van der Waals surface area (Å²) in [6, 6.07) is -1.52. The molecule has 1 aliphatic carbocycles. The fourth-order valence-corrected chi connectivity index (χ4v) is 2.48. The van der Waals surface area contributed by atoms with E-state index >= 15 is 0 Å². The second-order valence-electron chi connectivity index (χ2n) is 5.44. The summed E-state index contributed by atoms with van der Waals surface area (Å²) < 4.78 is 0. The van der Waals surface area contributed by atoms with E-state index in [1.165, 1.54) is 4.90 Å². The molecule has 2 N–H and O–H groups in total. The summed E-state index contributed by atoms with van der Waals surface area (Å²) in [6.45, 7) is 3.74.